The molecule has 0 amide bonds. The first-order valence-corrected chi connectivity index (χ1v) is 9.76. The van der Waals surface area contributed by atoms with Gasteiger partial charge in [0.25, 0.3) is 0 Å². The van der Waals surface area contributed by atoms with Crippen molar-refractivity contribution in [1.82, 2.24) is 0 Å². The molecule has 0 aromatic heterocycles. The fraction of sp³-hybridized carbons (Fsp3) is 0.800. The fourth-order valence-electron chi connectivity index (χ4n) is 4.42. The standard InChI is InChI=1S/C20H32O4/c21-19(22)17(13-11-15-7-3-1-4-8-15)18(20(23)24)14-12-16-9-5-2-6-10-16/h15-16H,1-14H2,(H,21,22)(H,23,24). The summed E-state index contributed by atoms with van der Waals surface area (Å²) in [6.45, 7) is 0. The van der Waals surface area contributed by atoms with E-state index in [0.29, 0.717) is 24.7 Å². The van der Waals surface area contributed by atoms with Crippen molar-refractivity contribution in [3.63, 3.8) is 0 Å². The lowest BCUT2D eigenvalue weighted by atomic mass is 9.83. The highest BCUT2D eigenvalue weighted by atomic mass is 16.4. The lowest BCUT2D eigenvalue weighted by Gasteiger charge is -2.23. The van der Waals surface area contributed by atoms with E-state index in [1.54, 1.807) is 0 Å². The van der Waals surface area contributed by atoms with Crippen molar-refractivity contribution in [2.75, 3.05) is 0 Å². The Hall–Kier alpha value is -1.32. The summed E-state index contributed by atoms with van der Waals surface area (Å²) in [6, 6.07) is 0. The first kappa shape index (κ1) is 19.0. The van der Waals surface area contributed by atoms with Gasteiger partial charge in [-0.2, -0.15) is 0 Å². The minimum atomic E-state index is -1.04. The molecule has 2 saturated carbocycles. The molecule has 2 N–H and O–H groups in total. The average molecular weight is 336 g/mol. The van der Waals surface area contributed by atoms with Gasteiger partial charge >= 0.3 is 11.9 Å². The van der Waals surface area contributed by atoms with Crippen molar-refractivity contribution in [1.29, 1.82) is 0 Å². The van der Waals surface area contributed by atoms with Crippen molar-refractivity contribution in [2.24, 2.45) is 11.8 Å². The predicted octanol–water partition coefficient (Wildman–Crippen LogP) is 5.17. The molecule has 0 radical (unpaired) electrons. The van der Waals surface area contributed by atoms with Crippen LogP contribution in [0.4, 0.5) is 0 Å². The molecule has 2 aliphatic rings. The summed E-state index contributed by atoms with van der Waals surface area (Å²) in [6.07, 6.45) is 14.6. The zero-order valence-corrected chi connectivity index (χ0v) is 14.8. The van der Waals surface area contributed by atoms with Crippen molar-refractivity contribution >= 4 is 11.9 Å². The van der Waals surface area contributed by atoms with Gasteiger partial charge in [0.1, 0.15) is 0 Å². The van der Waals surface area contributed by atoms with Gasteiger partial charge in [-0.3, -0.25) is 0 Å². The molecule has 0 atom stereocenters. The lowest BCUT2D eigenvalue weighted by Crippen LogP contribution is -2.15. The van der Waals surface area contributed by atoms with Gasteiger partial charge in [-0.1, -0.05) is 64.2 Å². The van der Waals surface area contributed by atoms with Crippen LogP contribution in [0.25, 0.3) is 0 Å². The van der Waals surface area contributed by atoms with Crippen molar-refractivity contribution in [3.05, 3.63) is 11.1 Å². The second kappa shape index (κ2) is 9.85. The molecule has 0 aliphatic heterocycles. The summed E-state index contributed by atoms with van der Waals surface area (Å²) in [4.78, 5) is 23.3. The summed E-state index contributed by atoms with van der Waals surface area (Å²) >= 11 is 0. The topological polar surface area (TPSA) is 74.6 Å². The quantitative estimate of drug-likeness (QED) is 0.599. The van der Waals surface area contributed by atoms with Crippen LogP contribution in [0.2, 0.25) is 0 Å². The number of hydrogen-bond acceptors (Lipinski definition) is 2. The molecule has 0 saturated heterocycles. The maximum absolute atomic E-state index is 11.6. The summed E-state index contributed by atoms with van der Waals surface area (Å²) in [5.74, 6) is -0.929. The Morgan fingerprint density at radius 3 is 1.25 bits per heavy atom. The minimum absolute atomic E-state index is 0.156. The van der Waals surface area contributed by atoms with Gasteiger partial charge in [-0.05, 0) is 37.5 Å². The third-order valence-electron chi connectivity index (χ3n) is 5.94. The van der Waals surface area contributed by atoms with E-state index in [2.05, 4.69) is 0 Å². The van der Waals surface area contributed by atoms with E-state index in [1.165, 1.54) is 38.5 Å². The molecule has 0 aromatic rings. The van der Waals surface area contributed by atoms with E-state index in [-0.39, 0.29) is 11.1 Å². The van der Waals surface area contributed by atoms with E-state index in [9.17, 15) is 19.8 Å². The van der Waals surface area contributed by atoms with Gasteiger partial charge in [0.05, 0.1) is 0 Å². The Kier molecular flexibility index (Phi) is 7.80. The van der Waals surface area contributed by atoms with Crippen molar-refractivity contribution < 1.29 is 19.8 Å². The van der Waals surface area contributed by atoms with Gasteiger partial charge in [0.15, 0.2) is 0 Å². The Labute approximate surface area is 145 Å². The first-order chi connectivity index (χ1) is 11.6. The molecule has 4 heteroatoms. The van der Waals surface area contributed by atoms with Crippen LogP contribution in [0.1, 0.15) is 89.9 Å². The molecule has 2 aliphatic carbocycles. The lowest BCUT2D eigenvalue weighted by molar-refractivity contribution is -0.136. The van der Waals surface area contributed by atoms with Crippen LogP contribution in [-0.4, -0.2) is 22.2 Å². The number of carbonyl (C=O) groups is 2. The number of carboxylic acids is 2. The summed E-state index contributed by atoms with van der Waals surface area (Å²) < 4.78 is 0. The van der Waals surface area contributed by atoms with Crippen LogP contribution in [0.3, 0.4) is 0 Å². The summed E-state index contributed by atoms with van der Waals surface area (Å²) in [5, 5.41) is 19.1. The second-order valence-corrected chi connectivity index (χ2v) is 7.65. The number of rotatable bonds is 8. The Morgan fingerprint density at radius 1 is 0.625 bits per heavy atom. The van der Waals surface area contributed by atoms with Crippen molar-refractivity contribution in [3.8, 4) is 0 Å². The number of carboxylic acid groups (broad SMARTS) is 2. The van der Waals surface area contributed by atoms with Crippen LogP contribution < -0.4 is 0 Å². The zero-order chi connectivity index (χ0) is 17.4. The van der Waals surface area contributed by atoms with Crippen LogP contribution in [-0.2, 0) is 9.59 Å². The van der Waals surface area contributed by atoms with Gasteiger partial charge in [0, 0.05) is 11.1 Å². The molecule has 0 bridgehead atoms. The predicted molar refractivity (Wildman–Crippen MR) is 93.9 cm³/mol. The summed E-state index contributed by atoms with van der Waals surface area (Å²) in [7, 11) is 0. The smallest absolute Gasteiger partial charge is 0.332 e. The zero-order valence-electron chi connectivity index (χ0n) is 14.8. The molecule has 136 valence electrons. The summed E-state index contributed by atoms with van der Waals surface area (Å²) in [5.41, 5.74) is 0.313. The van der Waals surface area contributed by atoms with Gasteiger partial charge in [0.2, 0.25) is 0 Å². The molecule has 24 heavy (non-hydrogen) atoms. The van der Waals surface area contributed by atoms with Crippen molar-refractivity contribution in [2.45, 2.75) is 89.9 Å². The molecule has 4 nitrogen and oxygen atoms in total. The highest BCUT2D eigenvalue weighted by Gasteiger charge is 2.23. The third-order valence-corrected chi connectivity index (χ3v) is 5.94. The minimum Gasteiger partial charge on any atom is -0.478 e. The van der Waals surface area contributed by atoms with Crippen LogP contribution in [0.15, 0.2) is 11.1 Å². The highest BCUT2D eigenvalue weighted by Crippen LogP contribution is 2.32. The molecule has 0 spiro atoms. The Bertz CT molecular complexity index is 412. The van der Waals surface area contributed by atoms with Crippen LogP contribution in [0, 0.1) is 11.8 Å². The first-order valence-electron chi connectivity index (χ1n) is 9.76. The average Bonchev–Trinajstić information content (AvgIpc) is 2.59. The van der Waals surface area contributed by atoms with Gasteiger partial charge < -0.3 is 10.2 Å². The monoisotopic (exact) mass is 336 g/mol. The number of hydrogen-bond donors (Lipinski definition) is 2. The Morgan fingerprint density at radius 2 is 0.958 bits per heavy atom. The largest absolute Gasteiger partial charge is 0.478 e. The van der Waals surface area contributed by atoms with E-state index in [1.807, 2.05) is 0 Å². The molecule has 0 unspecified atom stereocenters. The highest BCUT2D eigenvalue weighted by molar-refractivity contribution is 5.98. The second-order valence-electron chi connectivity index (χ2n) is 7.65. The fourth-order valence-corrected chi connectivity index (χ4v) is 4.42. The Balaban J connectivity index is 1.98. The van der Waals surface area contributed by atoms with Crippen LogP contribution in [0.5, 0.6) is 0 Å². The van der Waals surface area contributed by atoms with E-state index >= 15 is 0 Å². The maximum atomic E-state index is 11.6. The third kappa shape index (κ3) is 5.95. The van der Waals surface area contributed by atoms with Crippen LogP contribution >= 0.6 is 0 Å². The molecular weight excluding hydrogens is 304 g/mol. The van der Waals surface area contributed by atoms with E-state index < -0.39 is 11.9 Å². The van der Waals surface area contributed by atoms with Gasteiger partial charge in [-0.15, -0.1) is 0 Å². The SMILES string of the molecule is O=C(O)C(CCC1CCCCC1)=C(CCC1CCCCC1)C(=O)O. The molecule has 2 rings (SSSR count). The maximum Gasteiger partial charge on any atom is 0.332 e. The molecule has 2 fully saturated rings. The normalized spacial score (nSPS) is 21.3. The molecular formula is C20H32O4. The van der Waals surface area contributed by atoms with E-state index in [4.69, 9.17) is 0 Å². The molecule has 0 heterocycles. The van der Waals surface area contributed by atoms with E-state index in [0.717, 1.165) is 38.5 Å². The van der Waals surface area contributed by atoms with Gasteiger partial charge in [-0.25, -0.2) is 9.59 Å². The number of aliphatic carboxylic acids is 2. The molecule has 0 aromatic carbocycles.